The number of amides is 1. The highest BCUT2D eigenvalue weighted by atomic mass is 32.1. The Morgan fingerprint density at radius 2 is 1.89 bits per heavy atom. The van der Waals surface area contributed by atoms with Crippen LogP contribution in [0.2, 0.25) is 0 Å². The van der Waals surface area contributed by atoms with Crippen LogP contribution in [0.5, 0.6) is 0 Å². The number of carbonyl (C=O) groups excluding carboxylic acids is 1. The molecular weight excluding hydrogens is 370 g/mol. The standard InChI is InChI=1S/C22H27N3O2S/c1-22(2,3)27-21(26)25-11-8-19(9-12-25)24-20(18-10-13-28-15-18)17-6-4-16(14-23)5-7-17/h4-7,10,13,15,19-20,24H,8-9,11-12H2,1-3H3. The molecule has 1 aliphatic heterocycles. The average Bonchev–Trinajstić information content (AvgIpc) is 3.20. The lowest BCUT2D eigenvalue weighted by atomic mass is 9.96. The van der Waals surface area contributed by atoms with E-state index in [1.807, 2.05) is 45.0 Å². The fraction of sp³-hybridized carbons (Fsp3) is 0.455. The molecule has 0 aliphatic carbocycles. The molecule has 1 atom stereocenters. The minimum Gasteiger partial charge on any atom is -0.444 e. The van der Waals surface area contributed by atoms with Crippen LogP contribution in [0.3, 0.4) is 0 Å². The molecule has 0 bridgehead atoms. The molecule has 2 heterocycles. The Labute approximate surface area is 170 Å². The molecule has 1 fully saturated rings. The molecule has 6 heteroatoms. The van der Waals surface area contributed by atoms with Crippen molar-refractivity contribution in [3.05, 3.63) is 57.8 Å². The molecule has 0 spiro atoms. The number of benzene rings is 1. The molecule has 1 amide bonds. The van der Waals surface area contributed by atoms with Crippen LogP contribution in [0.1, 0.15) is 56.3 Å². The number of ether oxygens (including phenoxy) is 1. The minimum atomic E-state index is -0.466. The van der Waals surface area contributed by atoms with Gasteiger partial charge in [-0.1, -0.05) is 12.1 Å². The zero-order valence-corrected chi connectivity index (χ0v) is 17.5. The Hall–Kier alpha value is -2.36. The molecular formula is C22H27N3O2S. The zero-order valence-electron chi connectivity index (χ0n) is 16.6. The van der Waals surface area contributed by atoms with Crippen molar-refractivity contribution < 1.29 is 9.53 Å². The van der Waals surface area contributed by atoms with E-state index in [0.29, 0.717) is 24.7 Å². The average molecular weight is 398 g/mol. The second-order valence-electron chi connectivity index (χ2n) is 8.13. The Balaban J connectivity index is 1.65. The van der Waals surface area contributed by atoms with Gasteiger partial charge in [-0.3, -0.25) is 0 Å². The first-order valence-electron chi connectivity index (χ1n) is 9.62. The lowest BCUT2D eigenvalue weighted by molar-refractivity contribution is 0.0196. The highest BCUT2D eigenvalue weighted by Crippen LogP contribution is 2.27. The summed E-state index contributed by atoms with van der Waals surface area (Å²) in [7, 11) is 0. The van der Waals surface area contributed by atoms with E-state index in [1.165, 1.54) is 5.56 Å². The monoisotopic (exact) mass is 397 g/mol. The molecule has 1 aromatic carbocycles. The quantitative estimate of drug-likeness (QED) is 0.812. The molecule has 5 nitrogen and oxygen atoms in total. The molecule has 3 rings (SSSR count). The van der Waals surface area contributed by atoms with Gasteiger partial charge in [0.1, 0.15) is 5.60 Å². The van der Waals surface area contributed by atoms with Gasteiger partial charge in [0.2, 0.25) is 0 Å². The van der Waals surface area contributed by atoms with Crippen LogP contribution in [-0.4, -0.2) is 35.7 Å². The molecule has 0 saturated carbocycles. The van der Waals surface area contributed by atoms with Crippen LogP contribution in [0.25, 0.3) is 0 Å². The summed E-state index contributed by atoms with van der Waals surface area (Å²) in [6.45, 7) is 7.05. The Morgan fingerprint density at radius 1 is 1.21 bits per heavy atom. The Morgan fingerprint density at radius 3 is 2.43 bits per heavy atom. The maximum Gasteiger partial charge on any atom is 0.410 e. The van der Waals surface area contributed by atoms with Gasteiger partial charge in [-0.25, -0.2) is 4.79 Å². The number of hydrogen-bond donors (Lipinski definition) is 1. The topological polar surface area (TPSA) is 65.4 Å². The van der Waals surface area contributed by atoms with Gasteiger partial charge in [0.05, 0.1) is 17.7 Å². The zero-order chi connectivity index (χ0) is 20.1. The summed E-state index contributed by atoms with van der Waals surface area (Å²) in [5.74, 6) is 0. The lowest BCUT2D eigenvalue weighted by Crippen LogP contribution is -2.47. The van der Waals surface area contributed by atoms with Gasteiger partial charge in [-0.2, -0.15) is 16.6 Å². The third-order valence-corrected chi connectivity index (χ3v) is 5.50. The predicted octanol–water partition coefficient (Wildman–Crippen LogP) is 4.70. The number of likely N-dealkylation sites (tertiary alicyclic amines) is 1. The van der Waals surface area contributed by atoms with E-state index in [4.69, 9.17) is 10.00 Å². The molecule has 28 heavy (non-hydrogen) atoms. The van der Waals surface area contributed by atoms with Crippen molar-refractivity contribution in [3.63, 3.8) is 0 Å². The van der Waals surface area contributed by atoms with Crippen LogP contribution < -0.4 is 5.32 Å². The highest BCUT2D eigenvalue weighted by Gasteiger charge is 2.28. The fourth-order valence-electron chi connectivity index (χ4n) is 3.37. The number of thiophene rings is 1. The van der Waals surface area contributed by atoms with Gasteiger partial charge < -0.3 is 15.0 Å². The van der Waals surface area contributed by atoms with Crippen LogP contribution in [0.4, 0.5) is 4.79 Å². The number of nitrogens with one attached hydrogen (secondary N) is 1. The number of hydrogen-bond acceptors (Lipinski definition) is 5. The SMILES string of the molecule is CC(C)(C)OC(=O)N1CCC(NC(c2ccc(C#N)cc2)c2ccsc2)CC1. The summed E-state index contributed by atoms with van der Waals surface area (Å²) < 4.78 is 5.49. The van der Waals surface area contributed by atoms with Crippen LogP contribution in [-0.2, 0) is 4.74 Å². The normalized spacial score (nSPS) is 16.4. The second kappa shape index (κ2) is 8.76. The van der Waals surface area contributed by atoms with Gasteiger partial charge >= 0.3 is 6.09 Å². The maximum absolute atomic E-state index is 12.3. The largest absolute Gasteiger partial charge is 0.444 e. The third kappa shape index (κ3) is 5.34. The summed E-state index contributed by atoms with van der Waals surface area (Å²) >= 11 is 1.68. The first kappa shape index (κ1) is 20.4. The van der Waals surface area contributed by atoms with E-state index in [-0.39, 0.29) is 12.1 Å². The van der Waals surface area contributed by atoms with Crippen molar-refractivity contribution in [1.82, 2.24) is 10.2 Å². The molecule has 1 saturated heterocycles. The van der Waals surface area contributed by atoms with Gasteiger partial charge in [0.15, 0.2) is 0 Å². The van der Waals surface area contributed by atoms with Crippen LogP contribution in [0.15, 0.2) is 41.1 Å². The minimum absolute atomic E-state index is 0.0806. The van der Waals surface area contributed by atoms with Crippen molar-refractivity contribution in [2.75, 3.05) is 13.1 Å². The van der Waals surface area contributed by atoms with Crippen molar-refractivity contribution in [1.29, 1.82) is 5.26 Å². The number of carbonyl (C=O) groups is 1. The van der Waals surface area contributed by atoms with Gasteiger partial charge in [0.25, 0.3) is 0 Å². The number of piperidine rings is 1. The van der Waals surface area contributed by atoms with E-state index < -0.39 is 5.60 Å². The first-order valence-corrected chi connectivity index (χ1v) is 10.6. The number of nitriles is 1. The molecule has 1 N–H and O–H groups in total. The van der Waals surface area contributed by atoms with Crippen molar-refractivity contribution in [3.8, 4) is 6.07 Å². The summed E-state index contributed by atoms with van der Waals surface area (Å²) in [5.41, 5.74) is 2.57. The van der Waals surface area contributed by atoms with E-state index in [9.17, 15) is 4.79 Å². The van der Waals surface area contributed by atoms with Gasteiger partial charge in [-0.15, -0.1) is 0 Å². The molecule has 148 valence electrons. The van der Waals surface area contributed by atoms with E-state index in [2.05, 4.69) is 28.2 Å². The number of rotatable bonds is 4. The number of nitrogens with zero attached hydrogens (tertiary/aromatic N) is 2. The molecule has 1 aliphatic rings. The summed E-state index contributed by atoms with van der Waals surface area (Å²) in [4.78, 5) is 14.1. The van der Waals surface area contributed by atoms with Crippen LogP contribution >= 0.6 is 11.3 Å². The van der Waals surface area contributed by atoms with E-state index in [1.54, 1.807) is 16.2 Å². The highest BCUT2D eigenvalue weighted by molar-refractivity contribution is 7.08. The second-order valence-corrected chi connectivity index (χ2v) is 8.91. The molecule has 1 aromatic heterocycles. The lowest BCUT2D eigenvalue weighted by Gasteiger charge is -2.35. The summed E-state index contributed by atoms with van der Waals surface area (Å²) in [5, 5.41) is 17.1. The third-order valence-electron chi connectivity index (χ3n) is 4.80. The van der Waals surface area contributed by atoms with E-state index >= 15 is 0 Å². The Bertz CT molecular complexity index is 811. The van der Waals surface area contributed by atoms with Crippen molar-refractivity contribution in [2.24, 2.45) is 0 Å². The summed E-state index contributed by atoms with van der Waals surface area (Å²) in [6.07, 6.45) is 1.54. The smallest absolute Gasteiger partial charge is 0.410 e. The van der Waals surface area contributed by atoms with E-state index in [0.717, 1.165) is 18.4 Å². The first-order chi connectivity index (χ1) is 13.4. The van der Waals surface area contributed by atoms with Gasteiger partial charge in [-0.05, 0) is 73.7 Å². The summed E-state index contributed by atoms with van der Waals surface area (Å²) in [6, 6.07) is 12.5. The van der Waals surface area contributed by atoms with Crippen molar-refractivity contribution >= 4 is 17.4 Å². The molecule has 1 unspecified atom stereocenters. The molecule has 0 radical (unpaired) electrons. The van der Waals surface area contributed by atoms with Crippen LogP contribution in [0, 0.1) is 11.3 Å². The predicted molar refractivity (Wildman–Crippen MR) is 111 cm³/mol. The maximum atomic E-state index is 12.3. The fourth-order valence-corrected chi connectivity index (χ4v) is 4.05. The molecule has 2 aromatic rings. The Kier molecular flexibility index (Phi) is 6.38. The van der Waals surface area contributed by atoms with Gasteiger partial charge in [0, 0.05) is 19.1 Å². The van der Waals surface area contributed by atoms with Crippen molar-refractivity contribution in [2.45, 2.75) is 51.3 Å².